The zero-order valence-corrected chi connectivity index (χ0v) is 18.5. The molecule has 0 aliphatic heterocycles. The number of fused-ring (bicyclic) bond motifs is 2. The van der Waals surface area contributed by atoms with Gasteiger partial charge >= 0.3 is 5.97 Å². The number of amides is 1. The minimum Gasteiger partial charge on any atom is -0.481 e. The molecule has 1 N–H and O–H groups in total. The lowest BCUT2D eigenvalue weighted by molar-refractivity contribution is -0.137. The minimum atomic E-state index is -4.09. The maximum atomic E-state index is 13.9. The first-order chi connectivity index (χ1) is 15.9. The predicted molar refractivity (Wildman–Crippen MR) is 126 cm³/mol. The van der Waals surface area contributed by atoms with E-state index in [1.807, 2.05) is 0 Å². The normalized spacial score (nSPS) is 11.5. The second-order valence-corrected chi connectivity index (χ2v) is 9.53. The van der Waals surface area contributed by atoms with Gasteiger partial charge in [-0.3, -0.25) is 9.59 Å². The Hall–Kier alpha value is -3.78. The molecule has 168 valence electrons. The second kappa shape index (κ2) is 9.38. The number of aromatic nitrogens is 1. The summed E-state index contributed by atoms with van der Waals surface area (Å²) in [6, 6.07) is 22.7. The molecule has 0 aliphatic carbocycles. The number of carbonyl (C=O) groups is 2. The molecule has 7 nitrogen and oxygen atoms in total. The summed E-state index contributed by atoms with van der Waals surface area (Å²) >= 11 is 0. The summed E-state index contributed by atoms with van der Waals surface area (Å²) in [6.07, 6.45) is -0.238. The smallest absolute Gasteiger partial charge is 0.303 e. The van der Waals surface area contributed by atoms with Gasteiger partial charge in [-0.05, 0) is 24.1 Å². The Bertz CT molecular complexity index is 1380. The van der Waals surface area contributed by atoms with Gasteiger partial charge in [-0.15, -0.1) is 0 Å². The van der Waals surface area contributed by atoms with E-state index in [2.05, 4.69) is 4.98 Å². The van der Waals surface area contributed by atoms with Crippen LogP contribution in [-0.4, -0.2) is 41.2 Å². The van der Waals surface area contributed by atoms with Crippen molar-refractivity contribution in [1.29, 1.82) is 0 Å². The fourth-order valence-electron chi connectivity index (χ4n) is 3.80. The minimum absolute atomic E-state index is 0.00996. The standard InChI is InChI=1S/C25H22N2O5S/c28-23(29)15-8-16-27(33(31,32)17-18-9-2-1-3-10-18)25(30)24-19-11-4-6-13-21(19)26-22-14-7-5-12-20(22)24/h1-7,9-14H,8,15-17H2,(H,28,29). The van der Waals surface area contributed by atoms with E-state index in [-0.39, 0.29) is 30.7 Å². The van der Waals surface area contributed by atoms with E-state index in [1.54, 1.807) is 78.9 Å². The molecule has 0 bridgehead atoms. The number of sulfonamides is 1. The fourth-order valence-corrected chi connectivity index (χ4v) is 5.32. The van der Waals surface area contributed by atoms with Crippen molar-refractivity contribution in [2.24, 2.45) is 0 Å². The molecule has 0 aliphatic rings. The largest absolute Gasteiger partial charge is 0.481 e. The van der Waals surface area contributed by atoms with Gasteiger partial charge in [0.2, 0.25) is 10.0 Å². The van der Waals surface area contributed by atoms with E-state index in [0.717, 1.165) is 4.31 Å². The van der Waals surface area contributed by atoms with Crippen molar-refractivity contribution in [3.63, 3.8) is 0 Å². The van der Waals surface area contributed by atoms with Crippen molar-refractivity contribution in [2.45, 2.75) is 18.6 Å². The van der Waals surface area contributed by atoms with E-state index in [4.69, 9.17) is 5.11 Å². The molecule has 1 heterocycles. The number of rotatable bonds is 8. The molecule has 0 fully saturated rings. The van der Waals surface area contributed by atoms with E-state index in [1.165, 1.54) is 0 Å². The van der Waals surface area contributed by atoms with Gasteiger partial charge < -0.3 is 5.11 Å². The number of pyridine rings is 1. The molecule has 0 saturated carbocycles. The lowest BCUT2D eigenvalue weighted by Gasteiger charge is -2.24. The van der Waals surface area contributed by atoms with Gasteiger partial charge in [0.05, 0.1) is 22.3 Å². The van der Waals surface area contributed by atoms with Crippen LogP contribution in [0.5, 0.6) is 0 Å². The zero-order chi connectivity index (χ0) is 23.4. The van der Waals surface area contributed by atoms with E-state index in [9.17, 15) is 18.0 Å². The Kier molecular flexibility index (Phi) is 6.37. The number of para-hydroxylation sites is 2. The Morgan fingerprint density at radius 1 is 0.818 bits per heavy atom. The summed E-state index contributed by atoms with van der Waals surface area (Å²) in [6.45, 7) is -0.231. The number of aliphatic carboxylic acids is 1. The molecular formula is C25H22N2O5S. The quantitative estimate of drug-likeness (QED) is 0.393. The predicted octanol–water partition coefficient (Wildman–Crippen LogP) is 4.23. The molecule has 0 spiro atoms. The van der Waals surface area contributed by atoms with Crippen molar-refractivity contribution in [3.05, 3.63) is 90.0 Å². The number of hydrogen-bond acceptors (Lipinski definition) is 5. The molecule has 0 radical (unpaired) electrons. The van der Waals surface area contributed by atoms with Crippen molar-refractivity contribution >= 4 is 43.7 Å². The fraction of sp³-hybridized carbons (Fsp3) is 0.160. The highest BCUT2D eigenvalue weighted by Crippen LogP contribution is 2.28. The maximum absolute atomic E-state index is 13.9. The van der Waals surface area contributed by atoms with Crippen LogP contribution in [0.3, 0.4) is 0 Å². The first-order valence-electron chi connectivity index (χ1n) is 10.4. The zero-order valence-electron chi connectivity index (χ0n) is 17.7. The Balaban J connectivity index is 1.84. The van der Waals surface area contributed by atoms with Crippen LogP contribution in [0.2, 0.25) is 0 Å². The van der Waals surface area contributed by atoms with Crippen LogP contribution in [0.15, 0.2) is 78.9 Å². The average Bonchev–Trinajstić information content (AvgIpc) is 2.80. The Morgan fingerprint density at radius 3 is 1.94 bits per heavy atom. The Morgan fingerprint density at radius 2 is 1.36 bits per heavy atom. The molecule has 1 aromatic heterocycles. The third-order valence-electron chi connectivity index (χ3n) is 5.31. The monoisotopic (exact) mass is 462 g/mol. The Labute approximate surface area is 191 Å². The number of nitrogens with zero attached hydrogens (tertiary/aromatic N) is 2. The second-order valence-electron chi connectivity index (χ2n) is 7.64. The summed E-state index contributed by atoms with van der Waals surface area (Å²) in [5.41, 5.74) is 1.93. The van der Waals surface area contributed by atoms with Gasteiger partial charge in [0.15, 0.2) is 0 Å². The van der Waals surface area contributed by atoms with Crippen molar-refractivity contribution in [2.75, 3.05) is 6.54 Å². The van der Waals surface area contributed by atoms with Gasteiger partial charge in [-0.2, -0.15) is 0 Å². The molecule has 4 rings (SSSR count). The third-order valence-corrected chi connectivity index (χ3v) is 7.03. The van der Waals surface area contributed by atoms with Gasteiger partial charge in [0.25, 0.3) is 5.91 Å². The molecule has 0 atom stereocenters. The number of carbonyl (C=O) groups excluding carboxylic acids is 1. The van der Waals surface area contributed by atoms with Crippen molar-refractivity contribution in [1.82, 2.24) is 9.29 Å². The molecular weight excluding hydrogens is 440 g/mol. The van der Waals surface area contributed by atoms with Crippen LogP contribution in [0.1, 0.15) is 28.8 Å². The molecule has 3 aromatic carbocycles. The SMILES string of the molecule is O=C(O)CCCN(C(=O)c1c2ccccc2nc2ccccc12)S(=O)(=O)Cc1ccccc1. The highest BCUT2D eigenvalue weighted by molar-refractivity contribution is 7.88. The molecule has 0 saturated heterocycles. The third kappa shape index (κ3) is 4.85. The summed E-state index contributed by atoms with van der Waals surface area (Å²) in [5, 5.41) is 10.1. The van der Waals surface area contributed by atoms with Crippen LogP contribution < -0.4 is 0 Å². The molecule has 4 aromatic rings. The molecule has 8 heteroatoms. The lowest BCUT2D eigenvalue weighted by atomic mass is 10.0. The summed E-state index contributed by atoms with van der Waals surface area (Å²) < 4.78 is 27.6. The number of benzene rings is 3. The summed E-state index contributed by atoms with van der Waals surface area (Å²) in [4.78, 5) is 29.5. The summed E-state index contributed by atoms with van der Waals surface area (Å²) in [7, 11) is -4.09. The average molecular weight is 463 g/mol. The van der Waals surface area contributed by atoms with E-state index in [0.29, 0.717) is 27.4 Å². The van der Waals surface area contributed by atoms with Crippen LogP contribution in [0.25, 0.3) is 21.8 Å². The number of hydrogen-bond donors (Lipinski definition) is 1. The van der Waals surface area contributed by atoms with Gasteiger partial charge in [-0.1, -0.05) is 66.7 Å². The van der Waals surface area contributed by atoms with Gasteiger partial charge in [0, 0.05) is 23.7 Å². The summed E-state index contributed by atoms with van der Waals surface area (Å²) in [5.74, 6) is -2.11. The van der Waals surface area contributed by atoms with Crippen LogP contribution in [0.4, 0.5) is 0 Å². The topological polar surface area (TPSA) is 105 Å². The van der Waals surface area contributed by atoms with Gasteiger partial charge in [0.1, 0.15) is 0 Å². The molecule has 1 amide bonds. The van der Waals surface area contributed by atoms with Crippen LogP contribution >= 0.6 is 0 Å². The van der Waals surface area contributed by atoms with Crippen LogP contribution in [-0.2, 0) is 20.6 Å². The number of carboxylic acid groups (broad SMARTS) is 1. The van der Waals surface area contributed by atoms with Crippen molar-refractivity contribution in [3.8, 4) is 0 Å². The molecule has 33 heavy (non-hydrogen) atoms. The number of carboxylic acids is 1. The van der Waals surface area contributed by atoms with Gasteiger partial charge in [-0.25, -0.2) is 17.7 Å². The first kappa shape index (κ1) is 22.4. The maximum Gasteiger partial charge on any atom is 0.303 e. The van der Waals surface area contributed by atoms with E-state index >= 15 is 0 Å². The highest BCUT2D eigenvalue weighted by Gasteiger charge is 2.31. The lowest BCUT2D eigenvalue weighted by Crippen LogP contribution is -2.39. The molecule has 0 unspecified atom stereocenters. The van der Waals surface area contributed by atoms with E-state index < -0.39 is 21.9 Å². The van der Waals surface area contributed by atoms with Crippen LogP contribution in [0, 0.1) is 0 Å². The first-order valence-corrected chi connectivity index (χ1v) is 12.1. The highest BCUT2D eigenvalue weighted by atomic mass is 32.2. The van der Waals surface area contributed by atoms with Crippen molar-refractivity contribution < 1.29 is 23.1 Å².